The van der Waals surface area contributed by atoms with Crippen LogP contribution in [0.1, 0.15) is 43.2 Å². The predicted octanol–water partition coefficient (Wildman–Crippen LogP) is 2.89. The number of carboxylic acid groups (broad SMARTS) is 1. The van der Waals surface area contributed by atoms with Gasteiger partial charge in [-0.1, -0.05) is 48.5 Å². The molecule has 180 valence electrons. The highest BCUT2D eigenvalue weighted by molar-refractivity contribution is 5.80. The molecule has 2 aliphatic rings. The van der Waals surface area contributed by atoms with E-state index in [1.54, 1.807) is 0 Å². The van der Waals surface area contributed by atoms with Crippen LogP contribution >= 0.6 is 0 Å². The number of fused-ring (bicyclic) bond motifs is 3. The number of hydrogen-bond donors (Lipinski definition) is 4. The molecule has 0 heterocycles. The molecule has 1 unspecified atom stereocenters. The molecule has 1 fully saturated rings. The number of rotatable bonds is 9. The molecule has 0 aliphatic heterocycles. The van der Waals surface area contributed by atoms with E-state index >= 15 is 0 Å². The van der Waals surface area contributed by atoms with Gasteiger partial charge in [0.1, 0.15) is 6.61 Å². The van der Waals surface area contributed by atoms with Crippen molar-refractivity contribution in [3.8, 4) is 11.1 Å². The van der Waals surface area contributed by atoms with E-state index in [1.165, 1.54) is 22.3 Å². The largest absolute Gasteiger partial charge is 0.479 e. The normalized spacial score (nSPS) is 20.3. The smallest absolute Gasteiger partial charge is 0.407 e. The Morgan fingerprint density at radius 3 is 2.15 bits per heavy atom. The third kappa shape index (κ3) is 5.22. The first-order valence-corrected chi connectivity index (χ1v) is 11.6. The van der Waals surface area contributed by atoms with Crippen molar-refractivity contribution in [3.05, 3.63) is 59.7 Å². The van der Waals surface area contributed by atoms with Gasteiger partial charge in [0.05, 0.1) is 6.54 Å². The lowest BCUT2D eigenvalue weighted by Gasteiger charge is -2.35. The first-order valence-electron chi connectivity index (χ1n) is 11.6. The van der Waals surface area contributed by atoms with Crippen molar-refractivity contribution in [3.63, 3.8) is 0 Å². The number of carboxylic acids is 1. The van der Waals surface area contributed by atoms with E-state index < -0.39 is 17.7 Å². The van der Waals surface area contributed by atoms with Crippen molar-refractivity contribution >= 4 is 18.0 Å². The second kappa shape index (κ2) is 9.85. The monoisotopic (exact) mass is 466 g/mol. The maximum absolute atomic E-state index is 12.3. The van der Waals surface area contributed by atoms with Crippen LogP contribution in [-0.2, 0) is 14.3 Å². The van der Waals surface area contributed by atoms with Crippen molar-refractivity contribution in [2.45, 2.75) is 37.7 Å². The lowest BCUT2D eigenvalue weighted by atomic mass is 9.73. The molecule has 1 saturated carbocycles. The van der Waals surface area contributed by atoms with Crippen LogP contribution in [0.15, 0.2) is 48.5 Å². The summed E-state index contributed by atoms with van der Waals surface area (Å²) in [5.74, 6) is -1.18. The van der Waals surface area contributed by atoms with E-state index in [9.17, 15) is 19.5 Å². The minimum atomic E-state index is -1.98. The number of ether oxygens (including phenoxy) is 1. The van der Waals surface area contributed by atoms with Gasteiger partial charge in [-0.2, -0.15) is 0 Å². The summed E-state index contributed by atoms with van der Waals surface area (Å²) >= 11 is 0. The van der Waals surface area contributed by atoms with Crippen LogP contribution in [-0.4, -0.2) is 53.5 Å². The van der Waals surface area contributed by atoms with Gasteiger partial charge >= 0.3 is 12.1 Å². The van der Waals surface area contributed by atoms with Gasteiger partial charge in [0.15, 0.2) is 5.60 Å². The molecule has 0 saturated heterocycles. The zero-order valence-electron chi connectivity index (χ0n) is 19.1. The highest BCUT2D eigenvalue weighted by atomic mass is 16.5. The first kappa shape index (κ1) is 23.8. The fourth-order valence-corrected chi connectivity index (χ4v) is 4.76. The molecule has 4 N–H and O–H groups in total. The quantitative estimate of drug-likeness (QED) is 0.450. The molecule has 0 bridgehead atoms. The zero-order valence-corrected chi connectivity index (χ0v) is 19.1. The van der Waals surface area contributed by atoms with Gasteiger partial charge in [-0.3, -0.25) is 4.79 Å². The van der Waals surface area contributed by atoms with E-state index in [1.807, 2.05) is 24.3 Å². The fraction of sp³-hybridized carbons (Fsp3) is 0.423. The van der Waals surface area contributed by atoms with E-state index in [2.05, 4.69) is 34.9 Å². The Labute approximate surface area is 198 Å². The molecule has 0 aromatic heterocycles. The van der Waals surface area contributed by atoms with Crippen molar-refractivity contribution in [2.24, 2.45) is 11.8 Å². The number of benzene rings is 2. The molecular weight excluding hydrogens is 436 g/mol. The summed E-state index contributed by atoms with van der Waals surface area (Å²) in [4.78, 5) is 35.1. The lowest BCUT2D eigenvalue weighted by molar-refractivity contribution is -0.156. The number of nitrogens with one attached hydrogen (secondary N) is 2. The number of carbonyl (C=O) groups is 3. The summed E-state index contributed by atoms with van der Waals surface area (Å²) in [6, 6.07) is 16.4. The van der Waals surface area contributed by atoms with E-state index in [0.717, 1.165) is 19.8 Å². The van der Waals surface area contributed by atoms with Gasteiger partial charge < -0.3 is 25.6 Å². The summed E-state index contributed by atoms with van der Waals surface area (Å²) in [6.07, 6.45) is 1.43. The maximum atomic E-state index is 12.3. The van der Waals surface area contributed by atoms with Crippen molar-refractivity contribution in [1.82, 2.24) is 10.6 Å². The molecule has 2 aliphatic carbocycles. The van der Waals surface area contributed by atoms with Crippen LogP contribution < -0.4 is 10.6 Å². The Bertz CT molecular complexity index is 1030. The summed E-state index contributed by atoms with van der Waals surface area (Å²) in [7, 11) is 0. The Kier molecular flexibility index (Phi) is 6.88. The van der Waals surface area contributed by atoms with E-state index in [-0.39, 0.29) is 43.2 Å². The molecule has 2 aromatic carbocycles. The first-order chi connectivity index (χ1) is 16.2. The van der Waals surface area contributed by atoms with Gasteiger partial charge in [-0.05, 0) is 53.9 Å². The molecule has 1 atom stereocenters. The number of hydrogen-bond acceptors (Lipinski definition) is 5. The zero-order chi connectivity index (χ0) is 24.3. The van der Waals surface area contributed by atoms with Gasteiger partial charge in [0.2, 0.25) is 5.91 Å². The topological polar surface area (TPSA) is 125 Å². The Morgan fingerprint density at radius 2 is 1.56 bits per heavy atom. The van der Waals surface area contributed by atoms with Crippen molar-refractivity contribution in [2.75, 3.05) is 19.7 Å². The van der Waals surface area contributed by atoms with Crippen molar-refractivity contribution in [1.29, 1.82) is 0 Å². The van der Waals surface area contributed by atoms with Gasteiger partial charge in [0, 0.05) is 18.9 Å². The third-order valence-electron chi connectivity index (χ3n) is 6.78. The fourth-order valence-electron chi connectivity index (χ4n) is 4.76. The van der Waals surface area contributed by atoms with E-state index in [0.29, 0.717) is 6.54 Å². The summed E-state index contributed by atoms with van der Waals surface area (Å²) in [5.41, 5.74) is 2.72. The number of carbonyl (C=O) groups excluding carboxylic acids is 2. The second-order valence-electron chi connectivity index (χ2n) is 9.47. The Balaban J connectivity index is 1.16. The number of amides is 2. The van der Waals surface area contributed by atoms with Crippen LogP contribution in [0.5, 0.6) is 0 Å². The average Bonchev–Trinajstić information content (AvgIpc) is 3.11. The molecule has 4 rings (SSSR count). The molecule has 34 heavy (non-hydrogen) atoms. The lowest BCUT2D eigenvalue weighted by Crippen LogP contribution is -2.47. The van der Waals surface area contributed by atoms with Crippen LogP contribution in [0.2, 0.25) is 0 Å². The molecular formula is C26H30N2O6. The highest BCUT2D eigenvalue weighted by Crippen LogP contribution is 2.44. The number of alkyl carbamates (subject to hydrolysis) is 1. The molecule has 8 heteroatoms. The third-order valence-corrected chi connectivity index (χ3v) is 6.78. The maximum Gasteiger partial charge on any atom is 0.407 e. The van der Waals surface area contributed by atoms with E-state index in [4.69, 9.17) is 9.84 Å². The number of aliphatic hydroxyl groups is 1. The molecule has 0 spiro atoms. The minimum absolute atomic E-state index is 0.0200. The average molecular weight is 467 g/mol. The Hall–Kier alpha value is -3.39. The van der Waals surface area contributed by atoms with Crippen LogP contribution in [0.25, 0.3) is 11.1 Å². The molecule has 2 aromatic rings. The Morgan fingerprint density at radius 1 is 0.971 bits per heavy atom. The van der Waals surface area contributed by atoms with Crippen molar-refractivity contribution < 1.29 is 29.3 Å². The highest BCUT2D eigenvalue weighted by Gasteiger charge is 2.34. The molecule has 2 amide bonds. The number of aliphatic carboxylic acids is 1. The predicted molar refractivity (Wildman–Crippen MR) is 125 cm³/mol. The van der Waals surface area contributed by atoms with Crippen LogP contribution in [0.4, 0.5) is 4.79 Å². The van der Waals surface area contributed by atoms with Crippen LogP contribution in [0, 0.1) is 11.8 Å². The summed E-state index contributed by atoms with van der Waals surface area (Å²) in [6.45, 7) is 1.57. The standard InChI is InChI=1S/C26H30N2O6/c1-26(33,24(30)31)15-28-23(29)12-16-10-17(11-16)13-27-25(32)34-14-22-20-8-4-2-6-18(20)19-7-3-5-9-21(19)22/h2-9,16-17,22,33H,10-15H2,1H3,(H,27,32)(H,28,29)(H,30,31). The minimum Gasteiger partial charge on any atom is -0.479 e. The second-order valence-corrected chi connectivity index (χ2v) is 9.47. The van der Waals surface area contributed by atoms with Gasteiger partial charge in [0.25, 0.3) is 0 Å². The van der Waals surface area contributed by atoms with Gasteiger partial charge in [-0.25, -0.2) is 9.59 Å². The van der Waals surface area contributed by atoms with Gasteiger partial charge in [-0.15, -0.1) is 0 Å². The SMILES string of the molecule is CC(O)(CNC(=O)CC1CC(CNC(=O)OCC2c3ccccc3-c3ccccc32)C1)C(=O)O. The summed E-state index contributed by atoms with van der Waals surface area (Å²) < 4.78 is 5.55. The molecule has 8 nitrogen and oxygen atoms in total. The van der Waals surface area contributed by atoms with Crippen LogP contribution in [0.3, 0.4) is 0 Å². The molecule has 0 radical (unpaired) electrons. The summed E-state index contributed by atoms with van der Waals surface area (Å²) in [5, 5.41) is 23.8.